The molecule has 3 atom stereocenters. The van der Waals surface area contributed by atoms with Crippen molar-refractivity contribution in [2.45, 2.75) is 50.6 Å². The van der Waals surface area contributed by atoms with Crippen LogP contribution in [0.25, 0.3) is 0 Å². The van der Waals surface area contributed by atoms with E-state index in [1.807, 2.05) is 0 Å². The van der Waals surface area contributed by atoms with Crippen molar-refractivity contribution in [1.29, 1.82) is 0 Å². The normalized spacial score (nSPS) is 28.2. The van der Waals surface area contributed by atoms with Gasteiger partial charge in [-0.3, -0.25) is 9.59 Å². The van der Waals surface area contributed by atoms with Crippen LogP contribution in [-0.2, 0) is 9.59 Å². The van der Waals surface area contributed by atoms with Crippen molar-refractivity contribution in [3.05, 3.63) is 0 Å². The number of nitrogens with one attached hydrogen (secondary N) is 2. The maximum Gasteiger partial charge on any atom is 0.239 e. The summed E-state index contributed by atoms with van der Waals surface area (Å²) >= 11 is 0. The predicted molar refractivity (Wildman–Crippen MR) is 80.9 cm³/mol. The fourth-order valence-electron chi connectivity index (χ4n) is 3.28. The molecule has 1 heterocycles. The molecule has 6 heteroatoms. The van der Waals surface area contributed by atoms with Crippen molar-refractivity contribution in [2.75, 3.05) is 20.6 Å². The predicted octanol–water partition coefficient (Wildman–Crippen LogP) is 0.923. The van der Waals surface area contributed by atoms with Gasteiger partial charge >= 0.3 is 0 Å². The first-order valence-electron chi connectivity index (χ1n) is 7.33. The highest BCUT2D eigenvalue weighted by atomic mass is 35.5. The third-order valence-electron chi connectivity index (χ3n) is 4.49. The number of hydrogen-bond donors (Lipinski definition) is 2. The molecule has 0 bridgehead atoms. The van der Waals surface area contributed by atoms with E-state index in [9.17, 15) is 9.59 Å². The summed E-state index contributed by atoms with van der Waals surface area (Å²) < 4.78 is 0. The lowest BCUT2D eigenvalue weighted by Crippen LogP contribution is -2.44. The molecule has 0 radical (unpaired) electrons. The quantitative estimate of drug-likeness (QED) is 0.812. The third kappa shape index (κ3) is 4.09. The molecule has 5 nitrogen and oxygen atoms in total. The van der Waals surface area contributed by atoms with Crippen LogP contribution in [0.15, 0.2) is 0 Å². The summed E-state index contributed by atoms with van der Waals surface area (Å²) in [5.41, 5.74) is 0. The average Bonchev–Trinajstić information content (AvgIpc) is 2.87. The molecule has 2 fully saturated rings. The average molecular weight is 304 g/mol. The second-order valence-corrected chi connectivity index (χ2v) is 5.79. The number of halogens is 1. The van der Waals surface area contributed by atoms with Crippen LogP contribution in [0.3, 0.4) is 0 Å². The standard InChI is InChI=1S/C14H25N3O2.ClH/c1-15-13(18)7-8-17(2)14(19)12-9-10-5-3-4-6-11(10)16-12;/h10-12,16H,3-9H2,1-2H3,(H,15,18);1H. The minimum atomic E-state index is -0.0391. The molecule has 2 amide bonds. The molecule has 116 valence electrons. The minimum absolute atomic E-state index is 0. The fraction of sp³-hybridized carbons (Fsp3) is 0.857. The largest absolute Gasteiger partial charge is 0.359 e. The van der Waals surface area contributed by atoms with Crippen LogP contribution in [0.5, 0.6) is 0 Å². The van der Waals surface area contributed by atoms with Gasteiger partial charge in [0.2, 0.25) is 11.8 Å². The smallest absolute Gasteiger partial charge is 0.239 e. The van der Waals surface area contributed by atoms with E-state index in [0.717, 1.165) is 6.42 Å². The molecule has 2 aliphatic rings. The van der Waals surface area contributed by atoms with Crippen molar-refractivity contribution in [3.63, 3.8) is 0 Å². The van der Waals surface area contributed by atoms with E-state index in [0.29, 0.717) is 24.9 Å². The maximum absolute atomic E-state index is 12.3. The van der Waals surface area contributed by atoms with Gasteiger partial charge < -0.3 is 15.5 Å². The Morgan fingerprint density at radius 1 is 1.30 bits per heavy atom. The molecule has 1 saturated carbocycles. The molecular formula is C14H26ClN3O2. The number of likely N-dealkylation sites (N-methyl/N-ethyl adjacent to an activating group) is 1. The lowest BCUT2D eigenvalue weighted by molar-refractivity contribution is -0.132. The number of amides is 2. The van der Waals surface area contributed by atoms with Gasteiger partial charge in [0.1, 0.15) is 0 Å². The van der Waals surface area contributed by atoms with Gasteiger partial charge in [-0.15, -0.1) is 12.4 Å². The van der Waals surface area contributed by atoms with Gasteiger partial charge in [0, 0.05) is 33.1 Å². The van der Waals surface area contributed by atoms with Crippen LogP contribution in [0.4, 0.5) is 0 Å². The highest BCUT2D eigenvalue weighted by Gasteiger charge is 2.39. The van der Waals surface area contributed by atoms with Crippen LogP contribution >= 0.6 is 12.4 Å². The Morgan fingerprint density at radius 3 is 2.65 bits per heavy atom. The first-order valence-corrected chi connectivity index (χ1v) is 7.33. The Labute approximate surface area is 127 Å². The Balaban J connectivity index is 0.00000200. The number of rotatable bonds is 4. The van der Waals surface area contributed by atoms with Crippen LogP contribution in [0.2, 0.25) is 0 Å². The SMILES string of the molecule is CNC(=O)CCN(C)C(=O)C1CC2CCCCC2N1.Cl. The maximum atomic E-state index is 12.3. The van der Waals surface area contributed by atoms with Crippen molar-refractivity contribution in [1.82, 2.24) is 15.5 Å². The van der Waals surface area contributed by atoms with E-state index in [1.54, 1.807) is 19.0 Å². The van der Waals surface area contributed by atoms with Crippen LogP contribution in [-0.4, -0.2) is 49.4 Å². The summed E-state index contributed by atoms with van der Waals surface area (Å²) in [5.74, 6) is 0.793. The molecule has 20 heavy (non-hydrogen) atoms. The number of hydrogen-bond acceptors (Lipinski definition) is 3. The Bertz CT molecular complexity index is 337. The van der Waals surface area contributed by atoms with E-state index in [2.05, 4.69) is 10.6 Å². The molecule has 0 aromatic heterocycles. The highest BCUT2D eigenvalue weighted by molar-refractivity contribution is 5.85. The van der Waals surface area contributed by atoms with Crippen molar-refractivity contribution < 1.29 is 9.59 Å². The second-order valence-electron chi connectivity index (χ2n) is 5.79. The summed E-state index contributed by atoms with van der Waals surface area (Å²) in [6, 6.07) is 0.498. The first kappa shape index (κ1) is 17.2. The number of carbonyl (C=O) groups excluding carboxylic acids is 2. The molecule has 1 saturated heterocycles. The van der Waals surface area contributed by atoms with E-state index in [4.69, 9.17) is 0 Å². The fourth-order valence-corrected chi connectivity index (χ4v) is 3.28. The lowest BCUT2D eigenvalue weighted by atomic mass is 9.85. The lowest BCUT2D eigenvalue weighted by Gasteiger charge is -2.24. The highest BCUT2D eigenvalue weighted by Crippen LogP contribution is 2.33. The van der Waals surface area contributed by atoms with Gasteiger partial charge in [-0.05, 0) is 25.2 Å². The molecule has 1 aliphatic heterocycles. The molecule has 0 spiro atoms. The van der Waals surface area contributed by atoms with Crippen molar-refractivity contribution in [2.24, 2.45) is 5.92 Å². The van der Waals surface area contributed by atoms with Crippen LogP contribution in [0.1, 0.15) is 38.5 Å². The van der Waals surface area contributed by atoms with Crippen molar-refractivity contribution in [3.8, 4) is 0 Å². The summed E-state index contributed by atoms with van der Waals surface area (Å²) in [7, 11) is 3.41. The van der Waals surface area contributed by atoms with E-state index in [-0.39, 0.29) is 30.3 Å². The molecule has 0 aromatic rings. The van der Waals surface area contributed by atoms with Crippen molar-refractivity contribution >= 4 is 24.2 Å². The van der Waals surface area contributed by atoms with E-state index in [1.165, 1.54) is 25.7 Å². The number of nitrogens with zero attached hydrogens (tertiary/aromatic N) is 1. The summed E-state index contributed by atoms with van der Waals surface area (Å²) in [6.45, 7) is 0.492. The van der Waals surface area contributed by atoms with Gasteiger partial charge in [-0.1, -0.05) is 12.8 Å². The number of fused-ring (bicyclic) bond motifs is 1. The number of carbonyl (C=O) groups is 2. The molecule has 3 unspecified atom stereocenters. The van der Waals surface area contributed by atoms with Gasteiger partial charge in [0.25, 0.3) is 0 Å². The van der Waals surface area contributed by atoms with E-state index < -0.39 is 0 Å². The van der Waals surface area contributed by atoms with Gasteiger partial charge in [0.05, 0.1) is 6.04 Å². The first-order chi connectivity index (χ1) is 9.11. The topological polar surface area (TPSA) is 61.4 Å². The molecule has 2 rings (SSSR count). The van der Waals surface area contributed by atoms with E-state index >= 15 is 0 Å². The molecule has 2 N–H and O–H groups in total. The third-order valence-corrected chi connectivity index (χ3v) is 4.49. The zero-order valence-corrected chi connectivity index (χ0v) is 13.2. The molecule has 0 aromatic carbocycles. The van der Waals surface area contributed by atoms with Crippen LogP contribution in [0, 0.1) is 5.92 Å². The zero-order chi connectivity index (χ0) is 13.8. The Hall–Kier alpha value is -0.810. The van der Waals surface area contributed by atoms with Crippen LogP contribution < -0.4 is 10.6 Å². The molecule has 1 aliphatic carbocycles. The van der Waals surface area contributed by atoms with Gasteiger partial charge in [0.15, 0.2) is 0 Å². The monoisotopic (exact) mass is 303 g/mol. The second kappa shape index (κ2) is 7.84. The summed E-state index contributed by atoms with van der Waals surface area (Å²) in [6.07, 6.45) is 6.38. The van der Waals surface area contributed by atoms with Gasteiger partial charge in [-0.25, -0.2) is 0 Å². The van der Waals surface area contributed by atoms with Gasteiger partial charge in [-0.2, -0.15) is 0 Å². The molecular weight excluding hydrogens is 278 g/mol. The zero-order valence-electron chi connectivity index (χ0n) is 12.4. The summed E-state index contributed by atoms with van der Waals surface area (Å²) in [4.78, 5) is 25.2. The minimum Gasteiger partial charge on any atom is -0.359 e. The summed E-state index contributed by atoms with van der Waals surface area (Å²) in [5, 5.41) is 6.06. The Kier molecular flexibility index (Phi) is 6.76. The Morgan fingerprint density at radius 2 is 2.00 bits per heavy atom.